The molecular formula is C31H34N4O3. The molecule has 3 aromatic carbocycles. The molecule has 1 saturated heterocycles. The van der Waals surface area contributed by atoms with Gasteiger partial charge in [0.1, 0.15) is 11.6 Å². The van der Waals surface area contributed by atoms with Gasteiger partial charge in [0.25, 0.3) is 5.91 Å². The maximum Gasteiger partial charge on any atom is 0.255 e. The van der Waals surface area contributed by atoms with Crippen LogP contribution in [0.1, 0.15) is 65.1 Å². The van der Waals surface area contributed by atoms with Crippen LogP contribution in [0.2, 0.25) is 0 Å². The number of nitrogens with one attached hydrogen (secondary N) is 1. The Labute approximate surface area is 223 Å². The summed E-state index contributed by atoms with van der Waals surface area (Å²) in [5.41, 5.74) is 7.25. The summed E-state index contributed by atoms with van der Waals surface area (Å²) in [6.45, 7) is 8.26. The summed E-state index contributed by atoms with van der Waals surface area (Å²) >= 11 is 0. The fourth-order valence-corrected chi connectivity index (χ4v) is 5.71. The van der Waals surface area contributed by atoms with Gasteiger partial charge in [-0.25, -0.2) is 4.98 Å². The zero-order valence-electron chi connectivity index (χ0n) is 22.7. The summed E-state index contributed by atoms with van der Waals surface area (Å²) in [5, 5.41) is 2.86. The zero-order valence-corrected chi connectivity index (χ0v) is 22.7. The molecule has 1 unspecified atom stereocenters. The molecule has 2 amide bonds. The van der Waals surface area contributed by atoms with Gasteiger partial charge in [-0.2, -0.15) is 0 Å². The van der Waals surface area contributed by atoms with E-state index in [-0.39, 0.29) is 17.9 Å². The van der Waals surface area contributed by atoms with Crippen LogP contribution in [0.5, 0.6) is 5.75 Å². The SMILES string of the molecule is COc1ccc(-n2c(C3CCCCN3C(=O)c3c(C)cc(C)cc3C)nc3cc(NC(C)=O)ccc32)cc1. The highest BCUT2D eigenvalue weighted by molar-refractivity contribution is 5.97. The van der Waals surface area contributed by atoms with E-state index < -0.39 is 0 Å². The average Bonchev–Trinajstić information content (AvgIpc) is 3.26. The number of ether oxygens (including phenoxy) is 1. The van der Waals surface area contributed by atoms with Crippen molar-refractivity contribution in [1.29, 1.82) is 0 Å². The molecule has 0 radical (unpaired) electrons. The number of hydrogen-bond acceptors (Lipinski definition) is 4. The van der Waals surface area contributed by atoms with E-state index in [9.17, 15) is 9.59 Å². The second-order valence-electron chi connectivity index (χ2n) is 10.2. The van der Waals surface area contributed by atoms with Crippen molar-refractivity contribution in [3.63, 3.8) is 0 Å². The molecule has 1 fully saturated rings. The van der Waals surface area contributed by atoms with Gasteiger partial charge >= 0.3 is 0 Å². The third-order valence-electron chi connectivity index (χ3n) is 7.28. The predicted molar refractivity (Wildman–Crippen MR) is 150 cm³/mol. The quantitative estimate of drug-likeness (QED) is 0.343. The van der Waals surface area contributed by atoms with Crippen molar-refractivity contribution in [2.75, 3.05) is 19.0 Å². The predicted octanol–water partition coefficient (Wildman–Crippen LogP) is 6.29. The summed E-state index contributed by atoms with van der Waals surface area (Å²) in [6, 6.07) is 17.6. The number of likely N-dealkylation sites (tertiary alicyclic amines) is 1. The maximum absolute atomic E-state index is 14.1. The lowest BCUT2D eigenvalue weighted by Crippen LogP contribution is -2.40. The molecule has 0 spiro atoms. The van der Waals surface area contributed by atoms with E-state index in [1.807, 2.05) is 61.2 Å². The van der Waals surface area contributed by atoms with Gasteiger partial charge in [-0.1, -0.05) is 17.7 Å². The first-order chi connectivity index (χ1) is 18.3. The van der Waals surface area contributed by atoms with Crippen LogP contribution in [0.15, 0.2) is 54.6 Å². The smallest absolute Gasteiger partial charge is 0.255 e. The van der Waals surface area contributed by atoms with Crippen LogP contribution in [0, 0.1) is 20.8 Å². The number of imidazole rings is 1. The molecule has 5 rings (SSSR count). The highest BCUT2D eigenvalue weighted by atomic mass is 16.5. The van der Waals surface area contributed by atoms with Crippen molar-refractivity contribution in [3.05, 3.63) is 82.7 Å². The Bertz CT molecular complexity index is 1500. The van der Waals surface area contributed by atoms with Crippen molar-refractivity contribution < 1.29 is 14.3 Å². The first kappa shape index (κ1) is 25.5. The topological polar surface area (TPSA) is 76.5 Å². The number of nitrogens with zero attached hydrogens (tertiary/aromatic N) is 3. The highest BCUT2D eigenvalue weighted by Gasteiger charge is 2.34. The molecule has 0 bridgehead atoms. The molecule has 38 heavy (non-hydrogen) atoms. The molecule has 7 nitrogen and oxygen atoms in total. The Morgan fingerprint density at radius 1 is 0.974 bits per heavy atom. The van der Waals surface area contributed by atoms with Crippen molar-refractivity contribution in [2.45, 2.75) is 53.0 Å². The number of amides is 2. The first-order valence-corrected chi connectivity index (χ1v) is 13.1. The minimum absolute atomic E-state index is 0.0528. The van der Waals surface area contributed by atoms with Gasteiger partial charge in [-0.15, -0.1) is 0 Å². The van der Waals surface area contributed by atoms with E-state index in [4.69, 9.17) is 9.72 Å². The van der Waals surface area contributed by atoms with E-state index in [0.29, 0.717) is 12.2 Å². The van der Waals surface area contributed by atoms with Crippen LogP contribution in [0.3, 0.4) is 0 Å². The summed E-state index contributed by atoms with van der Waals surface area (Å²) in [7, 11) is 1.65. The minimum Gasteiger partial charge on any atom is -0.497 e. The molecule has 7 heteroatoms. The largest absolute Gasteiger partial charge is 0.497 e. The molecule has 1 N–H and O–H groups in total. The number of carbonyl (C=O) groups is 2. The van der Waals surface area contributed by atoms with Crippen LogP contribution >= 0.6 is 0 Å². The number of rotatable bonds is 5. The van der Waals surface area contributed by atoms with Gasteiger partial charge in [0, 0.05) is 30.4 Å². The lowest BCUT2D eigenvalue weighted by atomic mass is 9.95. The Morgan fingerprint density at radius 3 is 2.34 bits per heavy atom. The van der Waals surface area contributed by atoms with E-state index in [1.54, 1.807) is 7.11 Å². The van der Waals surface area contributed by atoms with E-state index in [0.717, 1.165) is 69.8 Å². The fourth-order valence-electron chi connectivity index (χ4n) is 5.71. The molecule has 1 atom stereocenters. The Kier molecular flexibility index (Phi) is 6.93. The number of aryl methyl sites for hydroxylation is 3. The van der Waals surface area contributed by atoms with Crippen molar-refractivity contribution >= 4 is 28.5 Å². The number of benzene rings is 3. The molecule has 1 aromatic heterocycles. The summed E-state index contributed by atoms with van der Waals surface area (Å²) in [6.07, 6.45) is 2.80. The van der Waals surface area contributed by atoms with Crippen LogP contribution < -0.4 is 10.1 Å². The average molecular weight is 511 g/mol. The van der Waals surface area contributed by atoms with E-state index in [1.165, 1.54) is 6.92 Å². The summed E-state index contributed by atoms with van der Waals surface area (Å²) in [4.78, 5) is 32.9. The first-order valence-electron chi connectivity index (χ1n) is 13.1. The Morgan fingerprint density at radius 2 is 1.68 bits per heavy atom. The third kappa shape index (κ3) is 4.76. The molecule has 2 heterocycles. The summed E-state index contributed by atoms with van der Waals surface area (Å²) < 4.78 is 7.52. The number of hydrogen-bond donors (Lipinski definition) is 1. The van der Waals surface area contributed by atoms with Gasteiger partial charge < -0.3 is 15.0 Å². The van der Waals surface area contributed by atoms with E-state index in [2.05, 4.69) is 28.9 Å². The van der Waals surface area contributed by atoms with Gasteiger partial charge in [-0.05, 0) is 93.6 Å². The number of methoxy groups -OCH3 is 1. The molecule has 0 saturated carbocycles. The second kappa shape index (κ2) is 10.3. The van der Waals surface area contributed by atoms with E-state index >= 15 is 0 Å². The van der Waals surface area contributed by atoms with Gasteiger partial charge in [0.15, 0.2) is 0 Å². The van der Waals surface area contributed by atoms with Gasteiger partial charge in [-0.3, -0.25) is 14.2 Å². The fraction of sp³-hybridized carbons (Fsp3) is 0.323. The Balaban J connectivity index is 1.66. The number of aromatic nitrogens is 2. The van der Waals surface area contributed by atoms with Crippen molar-refractivity contribution in [1.82, 2.24) is 14.5 Å². The molecule has 1 aliphatic rings. The number of carbonyl (C=O) groups excluding carboxylic acids is 2. The molecule has 1 aliphatic heterocycles. The summed E-state index contributed by atoms with van der Waals surface area (Å²) in [5.74, 6) is 1.51. The normalized spacial score (nSPS) is 15.5. The number of anilines is 1. The molecule has 0 aliphatic carbocycles. The molecule has 4 aromatic rings. The monoisotopic (exact) mass is 510 g/mol. The highest BCUT2D eigenvalue weighted by Crippen LogP contribution is 2.37. The maximum atomic E-state index is 14.1. The van der Waals surface area contributed by atoms with Crippen molar-refractivity contribution in [3.8, 4) is 11.4 Å². The molecule has 196 valence electrons. The Hall–Kier alpha value is -4.13. The molecular weight excluding hydrogens is 476 g/mol. The van der Waals surface area contributed by atoms with Crippen LogP contribution in [0.4, 0.5) is 5.69 Å². The minimum atomic E-state index is -0.185. The number of fused-ring (bicyclic) bond motifs is 1. The van der Waals surface area contributed by atoms with Crippen LogP contribution in [-0.2, 0) is 4.79 Å². The second-order valence-corrected chi connectivity index (χ2v) is 10.2. The van der Waals surface area contributed by atoms with Crippen LogP contribution in [-0.4, -0.2) is 39.9 Å². The van der Waals surface area contributed by atoms with Crippen molar-refractivity contribution in [2.24, 2.45) is 0 Å². The van der Waals surface area contributed by atoms with Gasteiger partial charge in [0.2, 0.25) is 5.91 Å². The third-order valence-corrected chi connectivity index (χ3v) is 7.28. The number of piperidine rings is 1. The standard InChI is InChI=1S/C31H34N4O3/c1-19-16-20(2)29(21(3)17-19)31(37)34-15-7-6-8-28(34)30-33-26-18-23(32-22(4)36)9-14-27(26)35(30)24-10-12-25(38-5)13-11-24/h9-14,16-18,28H,6-8,15H2,1-5H3,(H,32,36). The zero-order chi connectivity index (χ0) is 27.0. The van der Waals surface area contributed by atoms with Gasteiger partial charge in [0.05, 0.1) is 24.2 Å². The lowest BCUT2D eigenvalue weighted by Gasteiger charge is -2.36. The van der Waals surface area contributed by atoms with Crippen LogP contribution in [0.25, 0.3) is 16.7 Å². The lowest BCUT2D eigenvalue weighted by molar-refractivity contribution is -0.114.